The van der Waals surface area contributed by atoms with Crippen molar-refractivity contribution >= 4 is 32.9 Å². The Labute approximate surface area is 162 Å². The average Bonchev–Trinajstić information content (AvgIpc) is 2.90. The molecule has 4 heteroatoms. The Morgan fingerprint density at radius 2 is 1.96 bits per heavy atom. The number of allylic oxidation sites excluding steroid dienone is 2. The molecule has 1 aliphatic heterocycles. The normalized spacial score (nSPS) is 28.8. The van der Waals surface area contributed by atoms with Crippen molar-refractivity contribution in [3.05, 3.63) is 68.9 Å². The van der Waals surface area contributed by atoms with Gasteiger partial charge < -0.3 is 10.1 Å². The quantitative estimate of drug-likeness (QED) is 0.631. The SMILES string of the molecule is Br.COC1=CC2=C3C1=C(Br)CCC3C[C@@H](C)N[C@@H]2c1ccccc1. The van der Waals surface area contributed by atoms with Crippen LogP contribution in [-0.2, 0) is 4.74 Å². The van der Waals surface area contributed by atoms with Crippen molar-refractivity contribution in [1.82, 2.24) is 5.32 Å². The minimum absolute atomic E-state index is 0. The second-order valence-electron chi connectivity index (χ2n) is 6.74. The predicted molar refractivity (Wildman–Crippen MR) is 108 cm³/mol. The second-order valence-corrected chi connectivity index (χ2v) is 7.70. The number of methoxy groups -OCH3 is 1. The minimum atomic E-state index is 0. The van der Waals surface area contributed by atoms with Crippen LogP contribution in [0.2, 0.25) is 0 Å². The Hall–Kier alpha value is -0.840. The monoisotopic (exact) mass is 451 g/mol. The molecule has 0 fully saturated rings. The number of benzene rings is 1. The third-order valence-corrected chi connectivity index (χ3v) is 6.05. The summed E-state index contributed by atoms with van der Waals surface area (Å²) in [5.74, 6) is 1.64. The van der Waals surface area contributed by atoms with Crippen LogP contribution in [0, 0.1) is 5.92 Å². The van der Waals surface area contributed by atoms with Crippen LogP contribution in [-0.4, -0.2) is 13.2 Å². The fraction of sp³-hybridized carbons (Fsp3) is 0.400. The number of ether oxygens (including phenoxy) is 1. The van der Waals surface area contributed by atoms with Crippen LogP contribution in [0.4, 0.5) is 0 Å². The van der Waals surface area contributed by atoms with Gasteiger partial charge in [0.2, 0.25) is 0 Å². The fourth-order valence-electron chi connectivity index (χ4n) is 4.28. The summed E-state index contributed by atoms with van der Waals surface area (Å²) < 4.78 is 7.01. The highest BCUT2D eigenvalue weighted by molar-refractivity contribution is 9.11. The van der Waals surface area contributed by atoms with Gasteiger partial charge in [-0.15, -0.1) is 17.0 Å². The van der Waals surface area contributed by atoms with Crippen LogP contribution in [0.25, 0.3) is 0 Å². The first-order valence-electron chi connectivity index (χ1n) is 8.39. The van der Waals surface area contributed by atoms with Gasteiger partial charge in [0.05, 0.1) is 13.2 Å². The summed E-state index contributed by atoms with van der Waals surface area (Å²) in [5, 5.41) is 3.84. The standard InChI is InChI=1S/C20H22BrNO.BrH/c1-12-10-14-8-9-16(21)19-17(23-2)11-15(18(14)19)20(22-12)13-6-4-3-5-7-13;/h3-7,11-12,14,20,22H,8-10H2,1-2H3;1H/t12-,14?,20-;/m1./s1. The molecule has 24 heavy (non-hydrogen) atoms. The van der Waals surface area contributed by atoms with Gasteiger partial charge >= 0.3 is 0 Å². The van der Waals surface area contributed by atoms with Crippen LogP contribution in [0.5, 0.6) is 0 Å². The lowest BCUT2D eigenvalue weighted by Gasteiger charge is -2.27. The van der Waals surface area contributed by atoms with Gasteiger partial charge in [0, 0.05) is 16.1 Å². The molecule has 2 aliphatic carbocycles. The molecule has 0 amide bonds. The summed E-state index contributed by atoms with van der Waals surface area (Å²) in [4.78, 5) is 0. The third kappa shape index (κ3) is 2.93. The van der Waals surface area contributed by atoms with E-state index in [-0.39, 0.29) is 23.0 Å². The zero-order valence-electron chi connectivity index (χ0n) is 14.0. The zero-order chi connectivity index (χ0) is 16.0. The first-order valence-corrected chi connectivity index (χ1v) is 9.18. The summed E-state index contributed by atoms with van der Waals surface area (Å²) in [7, 11) is 1.78. The maximum absolute atomic E-state index is 5.71. The molecule has 4 rings (SSSR count). The van der Waals surface area contributed by atoms with Crippen molar-refractivity contribution in [2.24, 2.45) is 5.92 Å². The van der Waals surface area contributed by atoms with Crippen molar-refractivity contribution in [2.45, 2.75) is 38.3 Å². The summed E-state index contributed by atoms with van der Waals surface area (Å²) in [5.41, 5.74) is 5.55. The fourth-order valence-corrected chi connectivity index (χ4v) is 4.92. The van der Waals surface area contributed by atoms with Crippen LogP contribution < -0.4 is 5.32 Å². The Kier molecular flexibility index (Phi) is 5.38. The van der Waals surface area contributed by atoms with E-state index in [0.717, 1.165) is 12.2 Å². The maximum atomic E-state index is 5.71. The van der Waals surface area contributed by atoms with E-state index < -0.39 is 0 Å². The van der Waals surface area contributed by atoms with Crippen molar-refractivity contribution in [2.75, 3.05) is 7.11 Å². The van der Waals surface area contributed by atoms with Gasteiger partial charge in [-0.3, -0.25) is 0 Å². The second kappa shape index (κ2) is 7.19. The molecule has 0 bridgehead atoms. The molecule has 0 spiro atoms. The number of hydrogen-bond acceptors (Lipinski definition) is 2. The molecule has 1 aromatic carbocycles. The Morgan fingerprint density at radius 3 is 2.67 bits per heavy atom. The molecule has 0 radical (unpaired) electrons. The van der Waals surface area contributed by atoms with E-state index in [9.17, 15) is 0 Å². The molecule has 2 nitrogen and oxygen atoms in total. The molecule has 3 atom stereocenters. The molecule has 1 N–H and O–H groups in total. The molecule has 0 saturated carbocycles. The van der Waals surface area contributed by atoms with Crippen LogP contribution in [0.1, 0.15) is 37.8 Å². The smallest absolute Gasteiger partial charge is 0.127 e. The largest absolute Gasteiger partial charge is 0.496 e. The lowest BCUT2D eigenvalue weighted by atomic mass is 9.80. The van der Waals surface area contributed by atoms with Gasteiger partial charge in [0.1, 0.15) is 5.76 Å². The Bertz CT molecular complexity index is 720. The third-order valence-electron chi connectivity index (χ3n) is 5.26. The predicted octanol–water partition coefficient (Wildman–Crippen LogP) is 5.59. The molecule has 0 aromatic heterocycles. The van der Waals surface area contributed by atoms with Crippen LogP contribution in [0.15, 0.2) is 63.4 Å². The van der Waals surface area contributed by atoms with E-state index in [2.05, 4.69) is 64.6 Å². The van der Waals surface area contributed by atoms with Crippen molar-refractivity contribution in [3.63, 3.8) is 0 Å². The topological polar surface area (TPSA) is 21.3 Å². The van der Waals surface area contributed by atoms with E-state index in [1.807, 2.05) is 0 Å². The highest BCUT2D eigenvalue weighted by atomic mass is 79.9. The Morgan fingerprint density at radius 1 is 1.21 bits per heavy atom. The number of nitrogens with one attached hydrogen (secondary N) is 1. The summed E-state index contributed by atoms with van der Waals surface area (Å²) in [6, 6.07) is 11.5. The Balaban J connectivity index is 0.00000169. The van der Waals surface area contributed by atoms with Crippen LogP contribution >= 0.6 is 32.9 Å². The average molecular weight is 453 g/mol. The van der Waals surface area contributed by atoms with Gasteiger partial charge in [-0.1, -0.05) is 46.3 Å². The lowest BCUT2D eigenvalue weighted by Crippen LogP contribution is -2.30. The van der Waals surface area contributed by atoms with Crippen molar-refractivity contribution in [1.29, 1.82) is 0 Å². The number of halogens is 2. The molecule has 1 unspecified atom stereocenters. The lowest BCUT2D eigenvalue weighted by molar-refractivity contribution is 0.299. The first kappa shape index (κ1) is 18.0. The molecule has 128 valence electrons. The van der Waals surface area contributed by atoms with Gasteiger partial charge in [-0.05, 0) is 54.9 Å². The van der Waals surface area contributed by atoms with Gasteiger partial charge in [0.15, 0.2) is 0 Å². The minimum Gasteiger partial charge on any atom is -0.496 e. The molecule has 0 saturated heterocycles. The molecular formula is C20H23Br2NO. The molecule has 1 heterocycles. The van der Waals surface area contributed by atoms with Gasteiger partial charge in [-0.25, -0.2) is 0 Å². The zero-order valence-corrected chi connectivity index (χ0v) is 17.3. The first-order chi connectivity index (χ1) is 11.2. The van der Waals surface area contributed by atoms with E-state index in [1.54, 1.807) is 7.11 Å². The van der Waals surface area contributed by atoms with Gasteiger partial charge in [0.25, 0.3) is 0 Å². The van der Waals surface area contributed by atoms with Crippen molar-refractivity contribution < 1.29 is 4.74 Å². The highest BCUT2D eigenvalue weighted by Crippen LogP contribution is 2.51. The molecule has 3 aliphatic rings. The van der Waals surface area contributed by atoms with Gasteiger partial charge in [-0.2, -0.15) is 0 Å². The van der Waals surface area contributed by atoms with E-state index >= 15 is 0 Å². The summed E-state index contributed by atoms with van der Waals surface area (Å²) in [6.07, 6.45) is 5.78. The summed E-state index contributed by atoms with van der Waals surface area (Å²) in [6.45, 7) is 2.31. The van der Waals surface area contributed by atoms with E-state index in [0.29, 0.717) is 12.0 Å². The highest BCUT2D eigenvalue weighted by Gasteiger charge is 2.39. The van der Waals surface area contributed by atoms with Crippen LogP contribution in [0.3, 0.4) is 0 Å². The number of rotatable bonds is 2. The molecule has 1 aromatic rings. The maximum Gasteiger partial charge on any atom is 0.127 e. The van der Waals surface area contributed by atoms with Crippen molar-refractivity contribution in [3.8, 4) is 0 Å². The van der Waals surface area contributed by atoms with E-state index in [1.165, 1.54) is 39.6 Å². The molecular weight excluding hydrogens is 430 g/mol. The van der Waals surface area contributed by atoms with E-state index in [4.69, 9.17) is 4.74 Å². The number of hydrogen-bond donors (Lipinski definition) is 1. The summed E-state index contributed by atoms with van der Waals surface area (Å²) >= 11 is 3.81.